The van der Waals surface area contributed by atoms with Crippen molar-refractivity contribution < 1.29 is 9.47 Å². The number of rotatable bonds is 7. The van der Waals surface area contributed by atoms with E-state index in [1.54, 1.807) is 0 Å². The molecule has 2 aliphatic heterocycles. The normalized spacial score (nSPS) is 20.5. The lowest BCUT2D eigenvalue weighted by Gasteiger charge is -2.34. The quantitative estimate of drug-likeness (QED) is 0.432. The van der Waals surface area contributed by atoms with Crippen molar-refractivity contribution in [1.29, 1.82) is 0 Å². The molecular weight excluding hydrogens is 348 g/mol. The van der Waals surface area contributed by atoms with E-state index in [9.17, 15) is 0 Å². The first kappa shape index (κ1) is 19.4. The van der Waals surface area contributed by atoms with E-state index in [1.807, 2.05) is 18.4 Å². The van der Waals surface area contributed by atoms with Crippen LogP contribution in [0.2, 0.25) is 0 Å². The minimum absolute atomic E-state index is 0.357. The lowest BCUT2D eigenvalue weighted by atomic mass is 10.1. The molecule has 1 fully saturated rings. The third-order valence-electron chi connectivity index (χ3n) is 4.84. The van der Waals surface area contributed by atoms with Crippen LogP contribution in [0.1, 0.15) is 23.8 Å². The van der Waals surface area contributed by atoms with Gasteiger partial charge in [0, 0.05) is 38.1 Å². The molecule has 0 bridgehead atoms. The molecule has 3 rings (SSSR count). The van der Waals surface area contributed by atoms with Crippen molar-refractivity contribution in [2.75, 3.05) is 59.7 Å². The molecule has 0 spiro atoms. The fourth-order valence-electron chi connectivity index (χ4n) is 3.33. The predicted molar refractivity (Wildman–Crippen MR) is 107 cm³/mol. The number of nitrogens with zero attached hydrogens (tertiary/aromatic N) is 2. The summed E-state index contributed by atoms with van der Waals surface area (Å²) >= 11 is 1.82. The zero-order chi connectivity index (χ0) is 18.0. The van der Waals surface area contributed by atoms with Crippen molar-refractivity contribution in [3.05, 3.63) is 34.0 Å². The molecule has 26 heavy (non-hydrogen) atoms. The van der Waals surface area contributed by atoms with E-state index < -0.39 is 0 Å². The molecule has 3 heterocycles. The molecule has 6 nitrogen and oxygen atoms in total. The number of nitrogens with one attached hydrogen (secondary N) is 2. The highest BCUT2D eigenvalue weighted by Crippen LogP contribution is 2.25. The lowest BCUT2D eigenvalue weighted by Crippen LogP contribution is -2.46. The maximum Gasteiger partial charge on any atom is 0.191 e. The monoisotopic (exact) mass is 378 g/mol. The Hall–Kier alpha value is -1.41. The third-order valence-corrected chi connectivity index (χ3v) is 5.81. The number of aliphatic imine (C=N–C) groups is 1. The van der Waals surface area contributed by atoms with E-state index in [0.717, 1.165) is 71.4 Å². The standard InChI is InChI=1S/C19H30N4O2S/c1-20-19(21-7-4-16-5-10-24-11-6-16)22-15-17(18-3-2-14-26-18)23-8-12-25-13-9-23/h2-3,5,14,17H,4,6-13,15H2,1H3,(H2,20,21,22). The Morgan fingerprint density at radius 3 is 2.85 bits per heavy atom. The van der Waals surface area contributed by atoms with Gasteiger partial charge >= 0.3 is 0 Å². The van der Waals surface area contributed by atoms with Crippen LogP contribution >= 0.6 is 11.3 Å². The lowest BCUT2D eigenvalue weighted by molar-refractivity contribution is 0.0177. The number of morpholine rings is 1. The fraction of sp³-hybridized carbons (Fsp3) is 0.632. The summed E-state index contributed by atoms with van der Waals surface area (Å²) in [5.74, 6) is 0.868. The fourth-order valence-corrected chi connectivity index (χ4v) is 4.19. The Labute approximate surface area is 160 Å². The number of thiophene rings is 1. The van der Waals surface area contributed by atoms with Gasteiger partial charge in [0.05, 0.1) is 32.5 Å². The first-order valence-corrected chi connectivity index (χ1v) is 10.3. The van der Waals surface area contributed by atoms with Crippen molar-refractivity contribution in [3.63, 3.8) is 0 Å². The highest BCUT2D eigenvalue weighted by molar-refractivity contribution is 7.10. The first-order chi connectivity index (χ1) is 12.9. The average Bonchev–Trinajstić information content (AvgIpc) is 3.23. The molecule has 2 N–H and O–H groups in total. The van der Waals surface area contributed by atoms with E-state index in [4.69, 9.17) is 9.47 Å². The summed E-state index contributed by atoms with van der Waals surface area (Å²) in [5.41, 5.74) is 1.48. The summed E-state index contributed by atoms with van der Waals surface area (Å²) < 4.78 is 10.9. The Bertz CT molecular complexity index is 582. The molecule has 1 saturated heterocycles. The van der Waals surface area contributed by atoms with Gasteiger partial charge in [-0.3, -0.25) is 9.89 Å². The molecule has 0 amide bonds. The summed E-state index contributed by atoms with van der Waals surface area (Å²) in [6.07, 6.45) is 4.29. The van der Waals surface area contributed by atoms with Gasteiger partial charge in [-0.25, -0.2) is 0 Å². The van der Waals surface area contributed by atoms with Crippen LogP contribution in [0.25, 0.3) is 0 Å². The molecule has 1 aromatic rings. The highest BCUT2D eigenvalue weighted by atomic mass is 32.1. The molecular formula is C19H30N4O2S. The third kappa shape index (κ3) is 5.81. The Balaban J connectivity index is 1.49. The minimum Gasteiger partial charge on any atom is -0.379 e. The molecule has 2 aliphatic rings. The molecule has 1 unspecified atom stereocenters. The second-order valence-electron chi connectivity index (χ2n) is 6.50. The second-order valence-corrected chi connectivity index (χ2v) is 7.48. The van der Waals surface area contributed by atoms with Crippen molar-refractivity contribution in [2.24, 2.45) is 4.99 Å². The van der Waals surface area contributed by atoms with Gasteiger partial charge in [0.25, 0.3) is 0 Å². The molecule has 1 aromatic heterocycles. The number of hydrogen-bond donors (Lipinski definition) is 2. The van der Waals surface area contributed by atoms with Crippen molar-refractivity contribution in [1.82, 2.24) is 15.5 Å². The second kappa shape index (κ2) is 10.7. The zero-order valence-electron chi connectivity index (χ0n) is 15.6. The average molecular weight is 379 g/mol. The molecule has 7 heteroatoms. The van der Waals surface area contributed by atoms with Crippen LogP contribution in [-0.2, 0) is 9.47 Å². The van der Waals surface area contributed by atoms with E-state index >= 15 is 0 Å². The largest absolute Gasteiger partial charge is 0.379 e. The van der Waals surface area contributed by atoms with Crippen LogP contribution in [0.5, 0.6) is 0 Å². The van der Waals surface area contributed by atoms with Crippen molar-refractivity contribution >= 4 is 17.3 Å². The van der Waals surface area contributed by atoms with Gasteiger partial charge in [0.1, 0.15) is 0 Å². The van der Waals surface area contributed by atoms with Crippen LogP contribution in [0.4, 0.5) is 0 Å². The summed E-state index contributed by atoms with van der Waals surface area (Å²) in [6.45, 7) is 6.93. The Morgan fingerprint density at radius 2 is 2.15 bits per heavy atom. The van der Waals surface area contributed by atoms with Gasteiger partial charge in [0.15, 0.2) is 5.96 Å². The molecule has 0 radical (unpaired) electrons. The topological polar surface area (TPSA) is 58.1 Å². The summed E-state index contributed by atoms with van der Waals surface area (Å²) in [7, 11) is 1.83. The Morgan fingerprint density at radius 1 is 1.27 bits per heavy atom. The van der Waals surface area contributed by atoms with Crippen LogP contribution in [0.15, 0.2) is 34.2 Å². The van der Waals surface area contributed by atoms with E-state index in [1.165, 1.54) is 10.5 Å². The van der Waals surface area contributed by atoms with E-state index in [0.29, 0.717) is 6.04 Å². The van der Waals surface area contributed by atoms with Gasteiger partial charge in [-0.1, -0.05) is 17.7 Å². The van der Waals surface area contributed by atoms with Gasteiger partial charge in [0.2, 0.25) is 0 Å². The maximum atomic E-state index is 5.52. The van der Waals surface area contributed by atoms with Crippen LogP contribution < -0.4 is 10.6 Å². The van der Waals surface area contributed by atoms with Gasteiger partial charge in [-0.05, 0) is 24.3 Å². The highest BCUT2D eigenvalue weighted by Gasteiger charge is 2.23. The Kier molecular flexibility index (Phi) is 7.94. The molecule has 0 saturated carbocycles. The number of guanidine groups is 1. The van der Waals surface area contributed by atoms with Crippen LogP contribution in [-0.4, -0.2) is 70.5 Å². The van der Waals surface area contributed by atoms with Gasteiger partial charge in [-0.15, -0.1) is 11.3 Å². The van der Waals surface area contributed by atoms with Crippen LogP contribution in [0, 0.1) is 0 Å². The molecule has 0 aromatic carbocycles. The number of hydrogen-bond acceptors (Lipinski definition) is 5. The van der Waals surface area contributed by atoms with E-state index in [2.05, 4.69) is 44.1 Å². The van der Waals surface area contributed by atoms with Crippen LogP contribution in [0.3, 0.4) is 0 Å². The number of ether oxygens (including phenoxy) is 2. The minimum atomic E-state index is 0.357. The maximum absolute atomic E-state index is 5.52. The van der Waals surface area contributed by atoms with Gasteiger partial charge < -0.3 is 20.1 Å². The molecule has 144 valence electrons. The van der Waals surface area contributed by atoms with Crippen molar-refractivity contribution in [3.8, 4) is 0 Å². The zero-order valence-corrected chi connectivity index (χ0v) is 16.4. The summed E-state index contributed by atoms with van der Waals surface area (Å²) in [4.78, 5) is 8.27. The summed E-state index contributed by atoms with van der Waals surface area (Å²) in [5, 5.41) is 9.10. The summed E-state index contributed by atoms with van der Waals surface area (Å²) in [6, 6.07) is 4.71. The smallest absolute Gasteiger partial charge is 0.191 e. The van der Waals surface area contributed by atoms with Crippen molar-refractivity contribution in [2.45, 2.75) is 18.9 Å². The van der Waals surface area contributed by atoms with Gasteiger partial charge in [-0.2, -0.15) is 0 Å². The predicted octanol–water partition coefficient (Wildman–Crippen LogP) is 2.02. The molecule has 0 aliphatic carbocycles. The molecule has 1 atom stereocenters. The SMILES string of the molecule is CN=C(NCCC1=CCOCC1)NCC(c1cccs1)N1CCOCC1. The van der Waals surface area contributed by atoms with E-state index in [-0.39, 0.29) is 0 Å². The first-order valence-electron chi connectivity index (χ1n) is 9.42.